The van der Waals surface area contributed by atoms with Gasteiger partial charge in [-0.3, -0.25) is 0 Å². The van der Waals surface area contributed by atoms with Crippen molar-refractivity contribution in [3.8, 4) is 0 Å². The Kier molecular flexibility index (Phi) is 4.95. The zero-order valence-electron chi connectivity index (χ0n) is 15.2. The third-order valence-electron chi connectivity index (χ3n) is 6.47. The second-order valence-corrected chi connectivity index (χ2v) is 8.23. The maximum atomic E-state index is 12.8. The van der Waals surface area contributed by atoms with Gasteiger partial charge >= 0.3 is 6.03 Å². The molecule has 4 atom stereocenters. The first-order chi connectivity index (χ1) is 12.2. The van der Waals surface area contributed by atoms with Crippen LogP contribution in [-0.4, -0.2) is 40.2 Å². The number of piperidine rings is 1. The predicted octanol–water partition coefficient (Wildman–Crippen LogP) is 3.63. The van der Waals surface area contributed by atoms with E-state index in [-0.39, 0.29) is 11.9 Å². The van der Waals surface area contributed by atoms with Gasteiger partial charge in [0.2, 0.25) is 5.89 Å². The summed E-state index contributed by atoms with van der Waals surface area (Å²) in [6.07, 6.45) is 11.2. The van der Waals surface area contributed by atoms with Crippen LogP contribution in [-0.2, 0) is 0 Å². The van der Waals surface area contributed by atoms with Crippen molar-refractivity contribution >= 4 is 6.03 Å². The van der Waals surface area contributed by atoms with E-state index in [0.29, 0.717) is 24.3 Å². The molecule has 1 aliphatic heterocycles. The fourth-order valence-corrected chi connectivity index (χ4v) is 5.11. The van der Waals surface area contributed by atoms with Gasteiger partial charge in [0.15, 0.2) is 5.82 Å². The molecule has 2 aliphatic carbocycles. The molecule has 0 radical (unpaired) electrons. The highest BCUT2D eigenvalue weighted by Crippen LogP contribution is 2.40. The number of carbonyl (C=O) groups is 1. The van der Waals surface area contributed by atoms with Crippen molar-refractivity contribution in [2.45, 2.75) is 76.7 Å². The van der Waals surface area contributed by atoms with Crippen LogP contribution in [0.2, 0.25) is 0 Å². The molecular weight excluding hydrogens is 316 g/mol. The number of likely N-dealkylation sites (tertiary alicyclic amines) is 1. The van der Waals surface area contributed by atoms with Crippen LogP contribution in [0.5, 0.6) is 0 Å². The summed E-state index contributed by atoms with van der Waals surface area (Å²) in [6.45, 7) is 3.35. The van der Waals surface area contributed by atoms with Crippen molar-refractivity contribution in [1.29, 1.82) is 0 Å². The van der Waals surface area contributed by atoms with Crippen LogP contribution >= 0.6 is 0 Å². The molecule has 0 aromatic carbocycles. The van der Waals surface area contributed by atoms with Gasteiger partial charge in [0.05, 0.1) is 5.92 Å². The summed E-state index contributed by atoms with van der Waals surface area (Å²) in [5.41, 5.74) is 0. The van der Waals surface area contributed by atoms with E-state index < -0.39 is 0 Å². The van der Waals surface area contributed by atoms with Crippen LogP contribution in [0.15, 0.2) is 4.52 Å². The SMILES string of the molecule is Cc1noc(C2CCCN(C(=O)NC3CCC4CCCCC4C3)C2)n1. The van der Waals surface area contributed by atoms with Crippen molar-refractivity contribution in [3.63, 3.8) is 0 Å². The number of rotatable bonds is 2. The van der Waals surface area contributed by atoms with Crippen molar-refractivity contribution in [2.24, 2.45) is 11.8 Å². The Morgan fingerprint density at radius 1 is 1.12 bits per heavy atom. The molecule has 3 aliphatic rings. The Morgan fingerprint density at radius 2 is 1.96 bits per heavy atom. The Morgan fingerprint density at radius 3 is 2.76 bits per heavy atom. The molecule has 25 heavy (non-hydrogen) atoms. The number of nitrogens with one attached hydrogen (secondary N) is 1. The molecule has 3 fully saturated rings. The lowest BCUT2D eigenvalue weighted by molar-refractivity contribution is 0.132. The Balaban J connectivity index is 1.31. The number of aromatic nitrogens is 2. The zero-order chi connectivity index (χ0) is 17.2. The molecule has 0 spiro atoms. The third-order valence-corrected chi connectivity index (χ3v) is 6.47. The second kappa shape index (κ2) is 7.34. The molecule has 4 rings (SSSR count). The van der Waals surface area contributed by atoms with Crippen LogP contribution in [0.25, 0.3) is 0 Å². The molecule has 2 amide bonds. The Labute approximate surface area is 149 Å². The number of amides is 2. The van der Waals surface area contributed by atoms with Gasteiger partial charge in [0.1, 0.15) is 0 Å². The van der Waals surface area contributed by atoms with Gasteiger partial charge in [0, 0.05) is 19.1 Å². The standard InChI is InChI=1S/C19H30N4O2/c1-13-20-18(25-22-13)16-7-4-10-23(12-16)19(24)21-17-9-8-14-5-2-3-6-15(14)11-17/h14-17H,2-12H2,1H3,(H,21,24). The van der Waals surface area contributed by atoms with Crippen LogP contribution in [0.1, 0.15) is 75.4 Å². The van der Waals surface area contributed by atoms with E-state index in [2.05, 4.69) is 15.5 Å². The number of hydrogen-bond acceptors (Lipinski definition) is 4. The molecule has 6 heteroatoms. The van der Waals surface area contributed by atoms with Gasteiger partial charge in [-0.05, 0) is 50.9 Å². The summed E-state index contributed by atoms with van der Waals surface area (Å²) in [5, 5.41) is 7.21. The number of hydrogen-bond donors (Lipinski definition) is 1. The lowest BCUT2D eigenvalue weighted by Crippen LogP contribution is -2.50. The normalized spacial score (nSPS) is 32.9. The molecule has 2 heterocycles. The number of urea groups is 1. The van der Waals surface area contributed by atoms with E-state index in [1.807, 2.05) is 11.8 Å². The maximum absolute atomic E-state index is 12.8. The first kappa shape index (κ1) is 16.9. The van der Waals surface area contributed by atoms with Gasteiger partial charge in [-0.15, -0.1) is 0 Å². The van der Waals surface area contributed by atoms with Gasteiger partial charge in [-0.2, -0.15) is 4.98 Å². The minimum absolute atomic E-state index is 0.0974. The zero-order valence-corrected chi connectivity index (χ0v) is 15.2. The first-order valence-electron chi connectivity index (χ1n) is 10.0. The van der Waals surface area contributed by atoms with Crippen molar-refractivity contribution in [3.05, 3.63) is 11.7 Å². The highest BCUT2D eigenvalue weighted by molar-refractivity contribution is 5.74. The number of carbonyl (C=O) groups excluding carboxylic acids is 1. The second-order valence-electron chi connectivity index (χ2n) is 8.23. The quantitative estimate of drug-likeness (QED) is 0.888. The summed E-state index contributed by atoms with van der Waals surface area (Å²) in [5.74, 6) is 3.28. The number of fused-ring (bicyclic) bond motifs is 1. The molecule has 0 bridgehead atoms. The Hall–Kier alpha value is -1.59. The monoisotopic (exact) mass is 346 g/mol. The summed E-state index contributed by atoms with van der Waals surface area (Å²) in [6, 6.07) is 0.457. The molecule has 1 saturated heterocycles. The number of nitrogens with zero attached hydrogens (tertiary/aromatic N) is 3. The van der Waals surface area contributed by atoms with E-state index in [1.54, 1.807) is 0 Å². The topological polar surface area (TPSA) is 71.3 Å². The lowest BCUT2D eigenvalue weighted by Gasteiger charge is -2.40. The summed E-state index contributed by atoms with van der Waals surface area (Å²) in [7, 11) is 0. The molecule has 1 N–H and O–H groups in total. The molecule has 4 unspecified atom stereocenters. The molecular formula is C19H30N4O2. The molecule has 2 saturated carbocycles. The van der Waals surface area contributed by atoms with Crippen LogP contribution < -0.4 is 5.32 Å². The smallest absolute Gasteiger partial charge is 0.317 e. The minimum atomic E-state index is 0.0974. The van der Waals surface area contributed by atoms with Gasteiger partial charge in [-0.25, -0.2) is 4.79 Å². The highest BCUT2D eigenvalue weighted by Gasteiger charge is 2.34. The maximum Gasteiger partial charge on any atom is 0.317 e. The number of aryl methyl sites for hydroxylation is 1. The van der Waals surface area contributed by atoms with Crippen molar-refractivity contribution in [1.82, 2.24) is 20.4 Å². The van der Waals surface area contributed by atoms with E-state index in [9.17, 15) is 4.79 Å². The van der Waals surface area contributed by atoms with Gasteiger partial charge in [-0.1, -0.05) is 30.8 Å². The molecule has 138 valence electrons. The van der Waals surface area contributed by atoms with Crippen molar-refractivity contribution < 1.29 is 9.32 Å². The highest BCUT2D eigenvalue weighted by atomic mass is 16.5. The fourth-order valence-electron chi connectivity index (χ4n) is 5.11. The largest absolute Gasteiger partial charge is 0.339 e. The summed E-state index contributed by atoms with van der Waals surface area (Å²) in [4.78, 5) is 19.1. The minimum Gasteiger partial charge on any atom is -0.339 e. The van der Waals surface area contributed by atoms with E-state index in [1.165, 1.54) is 38.5 Å². The summed E-state index contributed by atoms with van der Waals surface area (Å²) >= 11 is 0. The third kappa shape index (κ3) is 3.82. The van der Waals surface area contributed by atoms with Gasteiger partial charge in [0.25, 0.3) is 0 Å². The predicted molar refractivity (Wildman–Crippen MR) is 94.2 cm³/mol. The Bertz CT molecular complexity index is 602. The lowest BCUT2D eigenvalue weighted by atomic mass is 9.69. The van der Waals surface area contributed by atoms with Gasteiger partial charge < -0.3 is 14.7 Å². The van der Waals surface area contributed by atoms with Crippen LogP contribution in [0.4, 0.5) is 4.79 Å². The molecule has 6 nitrogen and oxygen atoms in total. The first-order valence-corrected chi connectivity index (χ1v) is 10.0. The average molecular weight is 346 g/mol. The van der Waals surface area contributed by atoms with E-state index >= 15 is 0 Å². The summed E-state index contributed by atoms with van der Waals surface area (Å²) < 4.78 is 5.32. The van der Waals surface area contributed by atoms with Crippen LogP contribution in [0, 0.1) is 18.8 Å². The fraction of sp³-hybridized carbons (Fsp3) is 0.842. The van der Waals surface area contributed by atoms with Crippen LogP contribution in [0.3, 0.4) is 0 Å². The molecule has 1 aromatic rings. The average Bonchev–Trinajstić information content (AvgIpc) is 3.08. The molecule has 1 aromatic heterocycles. The van der Waals surface area contributed by atoms with E-state index in [0.717, 1.165) is 37.6 Å². The van der Waals surface area contributed by atoms with E-state index in [4.69, 9.17) is 4.52 Å². The van der Waals surface area contributed by atoms with Crippen molar-refractivity contribution in [2.75, 3.05) is 13.1 Å².